The smallest absolute Gasteiger partial charge is 0.233 e. The van der Waals surface area contributed by atoms with Crippen molar-refractivity contribution in [3.8, 4) is 0 Å². The first-order valence-electron chi connectivity index (χ1n) is 6.15. The summed E-state index contributed by atoms with van der Waals surface area (Å²) in [7, 11) is 0. The maximum absolute atomic E-state index is 11.8. The van der Waals surface area contributed by atoms with Crippen molar-refractivity contribution in [2.75, 3.05) is 5.32 Å². The molecule has 1 rings (SSSR count). The van der Waals surface area contributed by atoms with Gasteiger partial charge in [0.25, 0.3) is 0 Å². The van der Waals surface area contributed by atoms with E-state index in [-0.39, 0.29) is 24.3 Å². The highest BCUT2D eigenvalue weighted by Crippen LogP contribution is 2.27. The molecule has 4 nitrogen and oxygen atoms in total. The second-order valence-corrected chi connectivity index (χ2v) is 5.29. The number of anilines is 1. The Morgan fingerprint density at radius 2 is 1.84 bits per heavy atom. The van der Waals surface area contributed by atoms with Crippen LogP contribution in [-0.2, 0) is 9.59 Å². The molecule has 0 heterocycles. The molecule has 0 atom stereocenters. The van der Waals surface area contributed by atoms with E-state index >= 15 is 0 Å². The van der Waals surface area contributed by atoms with Crippen LogP contribution in [0.5, 0.6) is 0 Å². The molecule has 104 valence electrons. The van der Waals surface area contributed by atoms with Gasteiger partial charge in [-0.05, 0) is 44.9 Å². The van der Waals surface area contributed by atoms with Crippen molar-refractivity contribution in [3.63, 3.8) is 0 Å². The minimum Gasteiger partial charge on any atom is -0.353 e. The highest BCUT2D eigenvalue weighted by Gasteiger charge is 2.13. The van der Waals surface area contributed by atoms with Gasteiger partial charge in [0.2, 0.25) is 11.8 Å². The number of amides is 2. The van der Waals surface area contributed by atoms with Gasteiger partial charge in [-0.3, -0.25) is 9.59 Å². The number of carbonyl (C=O) groups excluding carboxylic acids is 2. The standard InChI is InChI=1S/C14H19ClN2O2/c1-8(2)16-12(18)7-13(19)17-14-10(4)5-9(3)6-11(14)15/h5-6,8H,7H2,1-4H3,(H,16,18)(H,17,19). The fourth-order valence-electron chi connectivity index (χ4n) is 1.78. The third-order valence-corrected chi connectivity index (χ3v) is 2.77. The number of carbonyl (C=O) groups is 2. The SMILES string of the molecule is Cc1cc(C)c(NC(=O)CC(=O)NC(C)C)c(Cl)c1. The minimum absolute atomic E-state index is 0.0185. The van der Waals surface area contributed by atoms with E-state index in [0.717, 1.165) is 11.1 Å². The van der Waals surface area contributed by atoms with Gasteiger partial charge >= 0.3 is 0 Å². The zero-order valence-electron chi connectivity index (χ0n) is 11.6. The molecule has 0 aliphatic heterocycles. The van der Waals surface area contributed by atoms with Gasteiger partial charge in [0, 0.05) is 6.04 Å². The number of hydrogen-bond donors (Lipinski definition) is 2. The molecule has 0 aliphatic rings. The van der Waals surface area contributed by atoms with E-state index in [4.69, 9.17) is 11.6 Å². The first-order valence-corrected chi connectivity index (χ1v) is 6.53. The Kier molecular flexibility index (Phi) is 5.36. The van der Waals surface area contributed by atoms with Gasteiger partial charge in [-0.25, -0.2) is 0 Å². The summed E-state index contributed by atoms with van der Waals surface area (Å²) in [6, 6.07) is 3.72. The van der Waals surface area contributed by atoms with Crippen molar-refractivity contribution in [3.05, 3.63) is 28.3 Å². The lowest BCUT2D eigenvalue weighted by atomic mass is 10.1. The molecule has 0 aromatic heterocycles. The summed E-state index contributed by atoms with van der Waals surface area (Å²) >= 11 is 6.08. The minimum atomic E-state index is -0.369. The van der Waals surface area contributed by atoms with E-state index in [9.17, 15) is 9.59 Å². The molecule has 0 saturated heterocycles. The van der Waals surface area contributed by atoms with Gasteiger partial charge in [0.15, 0.2) is 0 Å². The predicted octanol–water partition coefficient (Wildman–Crippen LogP) is 2.81. The summed E-state index contributed by atoms with van der Waals surface area (Å²) < 4.78 is 0. The molecule has 0 fully saturated rings. The van der Waals surface area contributed by atoms with Crippen LogP contribution in [0.4, 0.5) is 5.69 Å². The van der Waals surface area contributed by atoms with Crippen LogP contribution in [0.15, 0.2) is 12.1 Å². The van der Waals surface area contributed by atoms with Crippen molar-refractivity contribution in [2.24, 2.45) is 0 Å². The van der Waals surface area contributed by atoms with Crippen molar-refractivity contribution in [1.82, 2.24) is 5.32 Å². The number of aryl methyl sites for hydroxylation is 2. The molecule has 2 N–H and O–H groups in total. The third kappa shape index (κ3) is 4.91. The lowest BCUT2D eigenvalue weighted by Gasteiger charge is -2.12. The van der Waals surface area contributed by atoms with Crippen molar-refractivity contribution < 1.29 is 9.59 Å². The molecule has 0 unspecified atom stereocenters. The van der Waals surface area contributed by atoms with Crippen LogP contribution >= 0.6 is 11.6 Å². The molecule has 1 aromatic carbocycles. The average Bonchev–Trinajstić information content (AvgIpc) is 2.21. The highest BCUT2D eigenvalue weighted by atomic mass is 35.5. The Bertz CT molecular complexity index is 475. The topological polar surface area (TPSA) is 58.2 Å². The van der Waals surface area contributed by atoms with Crippen molar-refractivity contribution in [1.29, 1.82) is 0 Å². The van der Waals surface area contributed by atoms with E-state index in [2.05, 4.69) is 10.6 Å². The van der Waals surface area contributed by atoms with Crippen molar-refractivity contribution in [2.45, 2.75) is 40.2 Å². The number of halogens is 1. The molecule has 0 aliphatic carbocycles. The van der Waals surface area contributed by atoms with Gasteiger partial charge in [0.1, 0.15) is 6.42 Å². The molecule has 0 bridgehead atoms. The summed E-state index contributed by atoms with van der Waals surface area (Å²) in [4.78, 5) is 23.2. The Morgan fingerprint density at radius 3 is 2.37 bits per heavy atom. The number of nitrogens with one attached hydrogen (secondary N) is 2. The van der Waals surface area contributed by atoms with E-state index in [1.807, 2.05) is 33.8 Å². The molecule has 0 spiro atoms. The second kappa shape index (κ2) is 6.57. The summed E-state index contributed by atoms with van der Waals surface area (Å²) in [5.74, 6) is -0.666. The third-order valence-electron chi connectivity index (χ3n) is 2.47. The summed E-state index contributed by atoms with van der Waals surface area (Å²) in [5, 5.41) is 5.82. The molecule has 5 heteroatoms. The predicted molar refractivity (Wildman–Crippen MR) is 77.5 cm³/mol. The normalized spacial score (nSPS) is 10.4. The zero-order chi connectivity index (χ0) is 14.6. The molecule has 1 aromatic rings. The van der Waals surface area contributed by atoms with Crippen LogP contribution in [0.2, 0.25) is 5.02 Å². The Hall–Kier alpha value is -1.55. The van der Waals surface area contributed by atoms with Crippen LogP contribution in [-0.4, -0.2) is 17.9 Å². The Morgan fingerprint density at radius 1 is 1.21 bits per heavy atom. The van der Waals surface area contributed by atoms with Crippen LogP contribution in [0.3, 0.4) is 0 Å². The van der Waals surface area contributed by atoms with Gasteiger partial charge < -0.3 is 10.6 Å². The maximum Gasteiger partial charge on any atom is 0.233 e. The van der Waals surface area contributed by atoms with E-state index in [1.54, 1.807) is 6.07 Å². The fraction of sp³-hybridized carbons (Fsp3) is 0.429. The van der Waals surface area contributed by atoms with Crippen LogP contribution < -0.4 is 10.6 Å². The Balaban J connectivity index is 2.70. The second-order valence-electron chi connectivity index (χ2n) is 4.89. The number of benzene rings is 1. The largest absolute Gasteiger partial charge is 0.353 e. The first kappa shape index (κ1) is 15.5. The number of rotatable bonds is 4. The van der Waals surface area contributed by atoms with Crippen LogP contribution in [0, 0.1) is 13.8 Å². The summed E-state index contributed by atoms with van der Waals surface area (Å²) in [6.07, 6.45) is -0.207. The van der Waals surface area contributed by atoms with E-state index in [0.29, 0.717) is 10.7 Å². The first-order chi connectivity index (χ1) is 8.79. The summed E-state index contributed by atoms with van der Waals surface area (Å²) in [5.41, 5.74) is 2.47. The molecule has 19 heavy (non-hydrogen) atoms. The monoisotopic (exact) mass is 282 g/mol. The fourth-order valence-corrected chi connectivity index (χ4v) is 2.14. The highest BCUT2D eigenvalue weighted by molar-refractivity contribution is 6.34. The van der Waals surface area contributed by atoms with Crippen LogP contribution in [0.1, 0.15) is 31.4 Å². The van der Waals surface area contributed by atoms with Gasteiger partial charge in [-0.1, -0.05) is 17.7 Å². The molecule has 0 saturated carbocycles. The Labute approximate surface area is 118 Å². The number of hydrogen-bond acceptors (Lipinski definition) is 2. The lowest BCUT2D eigenvalue weighted by Crippen LogP contribution is -2.33. The quantitative estimate of drug-likeness (QED) is 0.834. The van der Waals surface area contributed by atoms with Crippen molar-refractivity contribution >= 4 is 29.1 Å². The summed E-state index contributed by atoms with van der Waals surface area (Å²) in [6.45, 7) is 7.48. The zero-order valence-corrected chi connectivity index (χ0v) is 12.4. The van der Waals surface area contributed by atoms with E-state index in [1.165, 1.54) is 0 Å². The van der Waals surface area contributed by atoms with Gasteiger partial charge in [-0.2, -0.15) is 0 Å². The van der Waals surface area contributed by atoms with E-state index < -0.39 is 0 Å². The van der Waals surface area contributed by atoms with Crippen LogP contribution in [0.25, 0.3) is 0 Å². The molecular weight excluding hydrogens is 264 g/mol. The lowest BCUT2D eigenvalue weighted by molar-refractivity contribution is -0.127. The van der Waals surface area contributed by atoms with Gasteiger partial charge in [0.05, 0.1) is 10.7 Å². The molecule has 2 amide bonds. The van der Waals surface area contributed by atoms with Gasteiger partial charge in [-0.15, -0.1) is 0 Å². The maximum atomic E-state index is 11.8. The molecular formula is C14H19ClN2O2. The molecule has 0 radical (unpaired) electrons. The average molecular weight is 283 g/mol.